The Labute approximate surface area is 112 Å². The molecule has 1 saturated heterocycles. The number of carboxylic acids is 1. The van der Waals surface area contributed by atoms with E-state index in [9.17, 15) is 9.90 Å². The van der Waals surface area contributed by atoms with Crippen molar-refractivity contribution in [1.29, 1.82) is 0 Å². The summed E-state index contributed by atoms with van der Waals surface area (Å²) in [5.74, 6) is -0.917. The van der Waals surface area contributed by atoms with E-state index in [0.717, 1.165) is 12.8 Å². The molecule has 0 spiro atoms. The number of carboxylic acid groups (broad SMARTS) is 1. The molecule has 1 aliphatic carbocycles. The highest BCUT2D eigenvalue weighted by molar-refractivity contribution is 7.80. The number of carbonyl (C=O) groups is 1. The predicted molar refractivity (Wildman–Crippen MR) is 71.4 cm³/mol. The minimum Gasteiger partial charge on any atom is -0.480 e. The number of aliphatic hydroxyl groups excluding tert-OH is 1. The lowest BCUT2D eigenvalue weighted by molar-refractivity contribution is -0.141. The smallest absolute Gasteiger partial charge is 0.326 e. The van der Waals surface area contributed by atoms with Gasteiger partial charge < -0.3 is 20.4 Å². The first-order valence-corrected chi connectivity index (χ1v) is 6.96. The summed E-state index contributed by atoms with van der Waals surface area (Å²) < 4.78 is 0. The molecule has 1 saturated carbocycles. The zero-order valence-corrected chi connectivity index (χ0v) is 11.2. The van der Waals surface area contributed by atoms with Crippen LogP contribution in [0.4, 0.5) is 0 Å². The molecule has 18 heavy (non-hydrogen) atoms. The molecule has 0 amide bonds. The fraction of sp³-hybridized carbons (Fsp3) is 0.833. The molecule has 2 unspecified atom stereocenters. The molecule has 2 atom stereocenters. The Morgan fingerprint density at radius 3 is 2.56 bits per heavy atom. The lowest BCUT2D eigenvalue weighted by Gasteiger charge is -2.30. The van der Waals surface area contributed by atoms with Gasteiger partial charge in [-0.25, -0.2) is 4.79 Å². The molecule has 2 rings (SSSR count). The summed E-state index contributed by atoms with van der Waals surface area (Å²) in [6.07, 6.45) is 5.50. The van der Waals surface area contributed by atoms with E-state index in [1.165, 1.54) is 19.3 Å². The second kappa shape index (κ2) is 5.84. The van der Waals surface area contributed by atoms with Crippen molar-refractivity contribution in [2.45, 2.75) is 56.7 Å². The van der Waals surface area contributed by atoms with E-state index in [0.29, 0.717) is 17.7 Å². The molecule has 3 N–H and O–H groups in total. The topological polar surface area (TPSA) is 72.8 Å². The maximum Gasteiger partial charge on any atom is 0.326 e. The predicted octanol–water partition coefficient (Wildman–Crippen LogP) is 0.713. The van der Waals surface area contributed by atoms with Crippen LogP contribution in [0.2, 0.25) is 0 Å². The lowest BCUT2D eigenvalue weighted by atomic mass is 9.96. The highest BCUT2D eigenvalue weighted by Crippen LogP contribution is 2.21. The molecule has 102 valence electrons. The van der Waals surface area contributed by atoms with E-state index in [4.69, 9.17) is 17.3 Å². The molecule has 1 heterocycles. The first-order chi connectivity index (χ1) is 8.58. The Kier molecular flexibility index (Phi) is 4.40. The van der Waals surface area contributed by atoms with Crippen LogP contribution in [0.25, 0.3) is 0 Å². The van der Waals surface area contributed by atoms with E-state index in [2.05, 4.69) is 5.32 Å². The summed E-state index contributed by atoms with van der Waals surface area (Å²) in [5.41, 5.74) is 0. The zero-order chi connectivity index (χ0) is 13.1. The third kappa shape index (κ3) is 3.11. The van der Waals surface area contributed by atoms with Crippen LogP contribution in [0.5, 0.6) is 0 Å². The normalized spacial score (nSPS) is 29.3. The molecule has 2 aliphatic rings. The Balaban J connectivity index is 1.92. The number of hydrogen-bond donors (Lipinski definition) is 3. The molecule has 0 aromatic carbocycles. The average molecular weight is 272 g/mol. The Hall–Kier alpha value is -0.880. The summed E-state index contributed by atoms with van der Waals surface area (Å²) >= 11 is 5.28. The van der Waals surface area contributed by atoms with E-state index < -0.39 is 18.1 Å². The maximum atomic E-state index is 11.1. The van der Waals surface area contributed by atoms with Crippen molar-refractivity contribution in [3.05, 3.63) is 0 Å². The van der Waals surface area contributed by atoms with Crippen molar-refractivity contribution < 1.29 is 15.0 Å². The van der Waals surface area contributed by atoms with E-state index >= 15 is 0 Å². The highest BCUT2D eigenvalue weighted by Gasteiger charge is 2.37. The second-order valence-corrected chi connectivity index (χ2v) is 5.57. The fourth-order valence-corrected chi connectivity index (χ4v) is 3.15. The summed E-state index contributed by atoms with van der Waals surface area (Å²) in [4.78, 5) is 12.7. The molecule has 0 aromatic rings. The van der Waals surface area contributed by atoms with Gasteiger partial charge in [-0.2, -0.15) is 0 Å². The number of aliphatic hydroxyl groups is 1. The summed E-state index contributed by atoms with van der Waals surface area (Å²) in [6.45, 7) is 0.315. The minimum absolute atomic E-state index is 0.252. The number of thiocarbonyl (C=S) groups is 1. The standard InChI is InChI=1S/C12H20N2O3S/c15-9-6-10(11(16)17)14(7-9)12(18)13-8-4-2-1-3-5-8/h8-10,15H,1-7H2,(H,13,18)(H,16,17). The first kappa shape index (κ1) is 13.5. The second-order valence-electron chi connectivity index (χ2n) is 5.18. The van der Waals surface area contributed by atoms with Gasteiger partial charge in [-0.3, -0.25) is 0 Å². The minimum atomic E-state index is -0.917. The first-order valence-electron chi connectivity index (χ1n) is 6.56. The quantitative estimate of drug-likeness (QED) is 0.643. The number of nitrogens with zero attached hydrogens (tertiary/aromatic N) is 1. The van der Waals surface area contributed by atoms with Gasteiger partial charge in [0.15, 0.2) is 5.11 Å². The van der Waals surface area contributed by atoms with Gasteiger partial charge in [-0.05, 0) is 25.1 Å². The number of aliphatic carboxylic acids is 1. The van der Waals surface area contributed by atoms with Crippen LogP contribution in [0.1, 0.15) is 38.5 Å². The van der Waals surface area contributed by atoms with Gasteiger partial charge in [-0.1, -0.05) is 19.3 Å². The van der Waals surface area contributed by atoms with Crippen LogP contribution in [0.15, 0.2) is 0 Å². The number of likely N-dealkylation sites (tertiary alicyclic amines) is 1. The largest absolute Gasteiger partial charge is 0.480 e. The third-order valence-electron chi connectivity index (χ3n) is 3.76. The molecule has 0 bridgehead atoms. The van der Waals surface area contributed by atoms with E-state index in [1.54, 1.807) is 4.90 Å². The van der Waals surface area contributed by atoms with Gasteiger partial charge >= 0.3 is 5.97 Å². The summed E-state index contributed by atoms with van der Waals surface area (Å²) in [6, 6.07) is -0.331. The van der Waals surface area contributed by atoms with Gasteiger partial charge in [0, 0.05) is 19.0 Å². The molecule has 0 aromatic heterocycles. The van der Waals surface area contributed by atoms with Crippen molar-refractivity contribution in [3.63, 3.8) is 0 Å². The monoisotopic (exact) mass is 272 g/mol. The molecule has 5 nitrogen and oxygen atoms in total. The third-order valence-corrected chi connectivity index (χ3v) is 4.11. The van der Waals surface area contributed by atoms with Crippen LogP contribution in [0.3, 0.4) is 0 Å². The number of nitrogens with one attached hydrogen (secondary N) is 1. The van der Waals surface area contributed by atoms with Gasteiger partial charge in [-0.15, -0.1) is 0 Å². The molecular formula is C12H20N2O3S. The van der Waals surface area contributed by atoms with E-state index in [-0.39, 0.29) is 6.42 Å². The molecule has 0 radical (unpaired) electrons. The van der Waals surface area contributed by atoms with E-state index in [1.807, 2.05) is 0 Å². The molecule has 1 aliphatic heterocycles. The Bertz CT molecular complexity index is 331. The van der Waals surface area contributed by atoms with Crippen molar-refractivity contribution in [1.82, 2.24) is 10.2 Å². The Morgan fingerprint density at radius 2 is 1.94 bits per heavy atom. The highest BCUT2D eigenvalue weighted by atomic mass is 32.1. The van der Waals surface area contributed by atoms with Crippen LogP contribution in [-0.4, -0.2) is 50.9 Å². The molecular weight excluding hydrogens is 252 g/mol. The average Bonchev–Trinajstić information content (AvgIpc) is 2.73. The zero-order valence-electron chi connectivity index (χ0n) is 10.3. The molecule has 6 heteroatoms. The van der Waals surface area contributed by atoms with Gasteiger partial charge in [0.2, 0.25) is 0 Å². The van der Waals surface area contributed by atoms with Crippen molar-refractivity contribution in [2.75, 3.05) is 6.54 Å². The lowest BCUT2D eigenvalue weighted by Crippen LogP contribution is -2.49. The molecule has 2 fully saturated rings. The van der Waals surface area contributed by atoms with Crippen molar-refractivity contribution >= 4 is 23.3 Å². The van der Waals surface area contributed by atoms with Crippen molar-refractivity contribution in [3.8, 4) is 0 Å². The Morgan fingerprint density at radius 1 is 1.28 bits per heavy atom. The SMILES string of the molecule is O=C(O)C1CC(O)CN1C(=S)NC1CCCCC1. The van der Waals surface area contributed by atoms with Gasteiger partial charge in [0.05, 0.1) is 6.10 Å². The maximum absolute atomic E-state index is 11.1. The summed E-state index contributed by atoms with van der Waals surface area (Å²) in [5, 5.41) is 22.4. The van der Waals surface area contributed by atoms with Crippen LogP contribution in [0, 0.1) is 0 Å². The van der Waals surface area contributed by atoms with Gasteiger partial charge in [0.25, 0.3) is 0 Å². The fourth-order valence-electron chi connectivity index (χ4n) is 2.78. The van der Waals surface area contributed by atoms with Crippen LogP contribution in [-0.2, 0) is 4.79 Å². The number of β-amino-alcohol motifs (C(OH)–C–C–N with tert-alkyl or cyclic N) is 1. The number of rotatable bonds is 2. The van der Waals surface area contributed by atoms with Crippen LogP contribution >= 0.6 is 12.2 Å². The van der Waals surface area contributed by atoms with Crippen molar-refractivity contribution in [2.24, 2.45) is 0 Å². The summed E-state index contributed by atoms with van der Waals surface area (Å²) in [7, 11) is 0. The van der Waals surface area contributed by atoms with Gasteiger partial charge in [0.1, 0.15) is 6.04 Å². The number of hydrogen-bond acceptors (Lipinski definition) is 3. The van der Waals surface area contributed by atoms with Crippen LogP contribution < -0.4 is 5.32 Å².